The van der Waals surface area contributed by atoms with E-state index in [0.29, 0.717) is 4.53 Å². The number of hydrogen-bond acceptors (Lipinski definition) is 4. The molecule has 0 aliphatic rings. The molecule has 3 aromatic heterocycles. The number of methoxy groups -OCH3 is 1. The molecule has 3 heterocycles. The molecular weight excluding hydrogens is 382 g/mol. The van der Waals surface area contributed by atoms with Gasteiger partial charge in [0.25, 0.3) is 5.56 Å². The molecular formula is C23H19N3O2S. The maximum Gasteiger partial charge on any atom is 0.274 e. The molecule has 0 radical (unpaired) electrons. The van der Waals surface area contributed by atoms with E-state index in [1.54, 1.807) is 11.5 Å². The highest BCUT2D eigenvalue weighted by Crippen LogP contribution is 2.23. The van der Waals surface area contributed by atoms with E-state index in [9.17, 15) is 4.79 Å². The van der Waals surface area contributed by atoms with Crippen molar-refractivity contribution in [1.82, 2.24) is 14.0 Å². The molecule has 0 amide bonds. The minimum Gasteiger partial charge on any atom is -0.497 e. The quantitative estimate of drug-likeness (QED) is 0.461. The lowest BCUT2D eigenvalue weighted by Crippen LogP contribution is -2.22. The predicted octanol–water partition coefficient (Wildman–Crippen LogP) is 3.87. The average molecular weight is 401 g/mol. The summed E-state index contributed by atoms with van der Waals surface area (Å²) >= 11 is 1.43. The monoisotopic (exact) mass is 401 g/mol. The molecule has 0 saturated heterocycles. The van der Waals surface area contributed by atoms with Gasteiger partial charge < -0.3 is 9.30 Å². The molecule has 0 fully saturated rings. The largest absolute Gasteiger partial charge is 0.497 e. The Labute approximate surface area is 171 Å². The summed E-state index contributed by atoms with van der Waals surface area (Å²) < 4.78 is 9.83. The third kappa shape index (κ3) is 2.76. The Kier molecular flexibility index (Phi) is 4.03. The van der Waals surface area contributed by atoms with Crippen molar-refractivity contribution in [3.05, 3.63) is 86.4 Å². The van der Waals surface area contributed by atoms with Crippen molar-refractivity contribution in [1.29, 1.82) is 0 Å². The van der Waals surface area contributed by atoms with Gasteiger partial charge in [0.15, 0.2) is 4.96 Å². The van der Waals surface area contributed by atoms with Crippen LogP contribution in [-0.2, 0) is 0 Å². The van der Waals surface area contributed by atoms with Crippen LogP contribution < -0.4 is 14.8 Å². The van der Waals surface area contributed by atoms with Crippen LogP contribution in [0, 0.1) is 13.8 Å². The lowest BCUT2D eigenvalue weighted by Gasteiger charge is -2.10. The van der Waals surface area contributed by atoms with Gasteiger partial charge in [0.1, 0.15) is 5.75 Å². The van der Waals surface area contributed by atoms with Gasteiger partial charge in [-0.15, -0.1) is 0 Å². The standard InChI is InChI=1S/C23H19N3O2S/c1-14-12-16(15(2)25(14)17-8-10-18(28-3)11-9-17)13-21-22(27)26-20-7-5-4-6-19(20)24-23(26)29-21/h4-13H,1-3H3. The molecule has 0 saturated carbocycles. The van der Waals surface area contributed by atoms with Gasteiger partial charge in [-0.25, -0.2) is 9.38 Å². The number of fused-ring (bicyclic) bond motifs is 3. The van der Waals surface area contributed by atoms with E-state index in [4.69, 9.17) is 4.74 Å². The van der Waals surface area contributed by atoms with Crippen molar-refractivity contribution in [3.63, 3.8) is 0 Å². The second-order valence-corrected chi connectivity index (χ2v) is 8.00. The fraction of sp³-hybridized carbons (Fsp3) is 0.130. The smallest absolute Gasteiger partial charge is 0.274 e. The molecule has 29 heavy (non-hydrogen) atoms. The van der Waals surface area contributed by atoms with Crippen LogP contribution in [0.4, 0.5) is 0 Å². The molecule has 6 heteroatoms. The van der Waals surface area contributed by atoms with Crippen LogP contribution in [0.25, 0.3) is 27.8 Å². The van der Waals surface area contributed by atoms with Crippen LogP contribution in [0.5, 0.6) is 5.75 Å². The summed E-state index contributed by atoms with van der Waals surface area (Å²) in [6, 6.07) is 17.8. The summed E-state index contributed by atoms with van der Waals surface area (Å²) in [5.41, 5.74) is 5.97. The normalized spacial score (nSPS) is 12.3. The Hall–Kier alpha value is -3.38. The summed E-state index contributed by atoms with van der Waals surface area (Å²) in [6.07, 6.45) is 1.97. The number of rotatable bonds is 3. The molecule has 0 spiro atoms. The summed E-state index contributed by atoms with van der Waals surface area (Å²) in [6.45, 7) is 4.14. The van der Waals surface area contributed by atoms with Gasteiger partial charge in [-0.1, -0.05) is 23.5 Å². The summed E-state index contributed by atoms with van der Waals surface area (Å²) in [5, 5.41) is 0. The van der Waals surface area contributed by atoms with Gasteiger partial charge >= 0.3 is 0 Å². The lowest BCUT2D eigenvalue weighted by atomic mass is 10.2. The van der Waals surface area contributed by atoms with Crippen molar-refractivity contribution in [2.75, 3.05) is 7.11 Å². The van der Waals surface area contributed by atoms with E-state index in [-0.39, 0.29) is 5.56 Å². The maximum atomic E-state index is 13.0. The number of hydrogen-bond donors (Lipinski definition) is 0. The molecule has 5 aromatic rings. The number of benzene rings is 2. The fourth-order valence-corrected chi connectivity index (χ4v) is 4.79. The predicted molar refractivity (Wildman–Crippen MR) is 117 cm³/mol. The number of para-hydroxylation sites is 2. The van der Waals surface area contributed by atoms with Crippen molar-refractivity contribution in [2.45, 2.75) is 13.8 Å². The number of ether oxygens (including phenoxy) is 1. The highest BCUT2D eigenvalue weighted by molar-refractivity contribution is 7.15. The molecule has 0 atom stereocenters. The van der Waals surface area contributed by atoms with Gasteiger partial charge in [0.05, 0.1) is 22.7 Å². The van der Waals surface area contributed by atoms with Gasteiger partial charge in [0.2, 0.25) is 0 Å². The zero-order valence-electron chi connectivity index (χ0n) is 16.3. The summed E-state index contributed by atoms with van der Waals surface area (Å²) in [7, 11) is 1.66. The second-order valence-electron chi connectivity index (χ2n) is 6.99. The van der Waals surface area contributed by atoms with Crippen LogP contribution >= 0.6 is 11.3 Å². The first-order valence-electron chi connectivity index (χ1n) is 9.32. The van der Waals surface area contributed by atoms with Crippen LogP contribution in [0.3, 0.4) is 0 Å². The van der Waals surface area contributed by atoms with Gasteiger partial charge in [0, 0.05) is 17.1 Å². The number of nitrogens with zero attached hydrogens (tertiary/aromatic N) is 3. The van der Waals surface area contributed by atoms with E-state index < -0.39 is 0 Å². The van der Waals surface area contributed by atoms with Gasteiger partial charge in [-0.3, -0.25) is 4.79 Å². The van der Waals surface area contributed by atoms with Crippen molar-refractivity contribution < 1.29 is 4.74 Å². The average Bonchev–Trinajstić information content (AvgIpc) is 3.33. The molecule has 0 bridgehead atoms. The van der Waals surface area contributed by atoms with E-state index in [2.05, 4.69) is 29.5 Å². The minimum atomic E-state index is -0.0204. The van der Waals surface area contributed by atoms with Crippen molar-refractivity contribution >= 4 is 33.4 Å². The van der Waals surface area contributed by atoms with E-state index >= 15 is 0 Å². The minimum absolute atomic E-state index is 0.0204. The van der Waals surface area contributed by atoms with Crippen LogP contribution in [-0.4, -0.2) is 21.1 Å². The van der Waals surface area contributed by atoms with Crippen molar-refractivity contribution in [3.8, 4) is 11.4 Å². The van der Waals surface area contributed by atoms with Crippen LogP contribution in [0.2, 0.25) is 0 Å². The Bertz CT molecular complexity index is 1470. The number of aromatic nitrogens is 3. The molecule has 5 rings (SSSR count). The third-order valence-electron chi connectivity index (χ3n) is 5.23. The highest BCUT2D eigenvalue weighted by Gasteiger charge is 2.13. The second kappa shape index (κ2) is 6.60. The molecule has 144 valence electrons. The third-order valence-corrected chi connectivity index (χ3v) is 6.20. The van der Waals surface area contributed by atoms with Gasteiger partial charge in [-0.05, 0) is 68.0 Å². The number of imidazole rings is 1. The first-order valence-corrected chi connectivity index (χ1v) is 10.1. The van der Waals surface area contributed by atoms with Crippen molar-refractivity contribution in [2.24, 2.45) is 0 Å². The van der Waals surface area contributed by atoms with Crippen LogP contribution in [0.1, 0.15) is 17.0 Å². The Morgan fingerprint density at radius 3 is 2.59 bits per heavy atom. The molecule has 0 aliphatic heterocycles. The van der Waals surface area contributed by atoms with Crippen LogP contribution in [0.15, 0.2) is 59.4 Å². The first-order chi connectivity index (χ1) is 14.1. The zero-order chi connectivity index (χ0) is 20.1. The zero-order valence-corrected chi connectivity index (χ0v) is 17.2. The molecule has 0 unspecified atom stereocenters. The number of thiazole rings is 1. The SMILES string of the molecule is COc1ccc(-n2c(C)cc(C=c3sc4nc5ccccc5n4c3=O)c2C)cc1. The maximum absolute atomic E-state index is 13.0. The lowest BCUT2D eigenvalue weighted by molar-refractivity contribution is 0.414. The Morgan fingerprint density at radius 2 is 1.83 bits per heavy atom. The topological polar surface area (TPSA) is 48.5 Å². The number of aryl methyl sites for hydroxylation is 1. The Balaban J connectivity index is 1.66. The molecule has 0 aliphatic carbocycles. The summed E-state index contributed by atoms with van der Waals surface area (Å²) in [4.78, 5) is 18.4. The molecule has 5 nitrogen and oxygen atoms in total. The fourth-order valence-electron chi connectivity index (χ4n) is 3.82. The van der Waals surface area contributed by atoms with E-state index in [0.717, 1.165) is 44.4 Å². The molecule has 2 aromatic carbocycles. The Morgan fingerprint density at radius 1 is 1.07 bits per heavy atom. The first kappa shape index (κ1) is 17.7. The van der Waals surface area contributed by atoms with Gasteiger partial charge in [-0.2, -0.15) is 0 Å². The van der Waals surface area contributed by atoms with E-state index in [1.807, 2.05) is 54.6 Å². The summed E-state index contributed by atoms with van der Waals surface area (Å²) in [5.74, 6) is 0.827. The van der Waals surface area contributed by atoms with E-state index in [1.165, 1.54) is 11.3 Å². The highest BCUT2D eigenvalue weighted by atomic mass is 32.1. The molecule has 0 N–H and O–H groups in total.